The first-order valence-corrected chi connectivity index (χ1v) is 7.17. The maximum absolute atomic E-state index is 13.7. The zero-order valence-corrected chi connectivity index (χ0v) is 12.3. The summed E-state index contributed by atoms with van der Waals surface area (Å²) in [6, 6.07) is 4.81. The van der Waals surface area contributed by atoms with Gasteiger partial charge < -0.3 is 4.90 Å². The lowest BCUT2D eigenvalue weighted by Gasteiger charge is -2.24. The Morgan fingerprint density at radius 3 is 2.78 bits per heavy atom. The fourth-order valence-electron chi connectivity index (χ4n) is 1.86. The van der Waals surface area contributed by atoms with Crippen molar-refractivity contribution in [3.63, 3.8) is 0 Å². The maximum Gasteiger partial charge on any atom is 0.236 e. The van der Waals surface area contributed by atoms with Gasteiger partial charge in [-0.15, -0.1) is 0 Å². The van der Waals surface area contributed by atoms with E-state index in [1.54, 1.807) is 24.0 Å². The molecule has 1 aromatic rings. The Morgan fingerprint density at radius 1 is 1.61 bits per heavy atom. The maximum atomic E-state index is 13.7. The molecule has 0 saturated heterocycles. The van der Waals surface area contributed by atoms with Gasteiger partial charge in [-0.25, -0.2) is 4.39 Å². The van der Waals surface area contributed by atoms with E-state index in [1.165, 1.54) is 6.07 Å². The summed E-state index contributed by atoms with van der Waals surface area (Å²) in [4.78, 5) is 13.5. The lowest BCUT2D eigenvalue weighted by molar-refractivity contribution is -0.131. The van der Waals surface area contributed by atoms with Gasteiger partial charge in [0.15, 0.2) is 0 Å². The largest absolute Gasteiger partial charge is 0.334 e. The van der Waals surface area contributed by atoms with Crippen molar-refractivity contribution >= 4 is 33.4 Å². The third kappa shape index (κ3) is 3.04. The van der Waals surface area contributed by atoms with Crippen LogP contribution in [0.3, 0.4) is 0 Å². The molecule has 2 nitrogen and oxygen atoms in total. The zero-order chi connectivity index (χ0) is 13.3. The van der Waals surface area contributed by atoms with Gasteiger partial charge in [0.25, 0.3) is 0 Å². The second kappa shape index (κ2) is 5.57. The van der Waals surface area contributed by atoms with Crippen molar-refractivity contribution in [1.29, 1.82) is 0 Å². The van der Waals surface area contributed by atoms with E-state index in [-0.39, 0.29) is 29.1 Å². The van der Waals surface area contributed by atoms with Crippen molar-refractivity contribution in [2.75, 3.05) is 0 Å². The Bertz CT molecular complexity index is 442. The number of hydrogen-bond donors (Lipinski definition) is 0. The molecule has 1 saturated carbocycles. The average Bonchev–Trinajstić information content (AvgIpc) is 3.12. The lowest BCUT2D eigenvalue weighted by atomic mass is 10.2. The van der Waals surface area contributed by atoms with E-state index in [9.17, 15) is 9.18 Å². The lowest BCUT2D eigenvalue weighted by Crippen LogP contribution is -2.37. The quantitative estimate of drug-likeness (QED) is 0.768. The van der Waals surface area contributed by atoms with E-state index in [0.717, 1.165) is 12.8 Å². The van der Waals surface area contributed by atoms with E-state index >= 15 is 0 Å². The minimum absolute atomic E-state index is 0.0168. The van der Waals surface area contributed by atoms with Crippen LogP contribution in [-0.4, -0.2) is 21.7 Å². The Kier molecular flexibility index (Phi) is 4.28. The molecule has 0 bridgehead atoms. The van der Waals surface area contributed by atoms with Crippen molar-refractivity contribution in [3.8, 4) is 0 Å². The Balaban J connectivity index is 2.21. The van der Waals surface area contributed by atoms with Gasteiger partial charge in [0, 0.05) is 16.6 Å². The summed E-state index contributed by atoms with van der Waals surface area (Å²) in [5.74, 6) is -0.375. The van der Waals surface area contributed by atoms with Crippen LogP contribution in [0.4, 0.5) is 4.39 Å². The molecule has 1 aromatic carbocycles. The minimum atomic E-state index is -0.358. The first kappa shape index (κ1) is 13.8. The van der Waals surface area contributed by atoms with Gasteiger partial charge in [0.05, 0.1) is 11.4 Å². The summed E-state index contributed by atoms with van der Waals surface area (Å²) in [6.07, 6.45) is 1.97. The highest BCUT2D eigenvalue weighted by molar-refractivity contribution is 9.10. The predicted octanol–water partition coefficient (Wildman–Crippen LogP) is 3.75. The zero-order valence-electron chi connectivity index (χ0n) is 10.00. The fraction of sp³-hybridized carbons (Fsp3) is 0.462. The Morgan fingerprint density at radius 2 is 2.28 bits per heavy atom. The topological polar surface area (TPSA) is 20.3 Å². The molecule has 1 aliphatic carbocycles. The number of halogens is 3. The molecule has 1 atom stereocenters. The standard InChI is InChI=1S/C13H14BrClFNO/c1-8(14)13(18)17(9-5-6-9)7-10-11(15)3-2-4-12(10)16/h2-4,8-9H,5-7H2,1H3. The van der Waals surface area contributed by atoms with E-state index < -0.39 is 0 Å². The number of benzene rings is 1. The molecule has 0 spiro atoms. The van der Waals surface area contributed by atoms with Crippen LogP contribution in [0.25, 0.3) is 0 Å². The second-order valence-electron chi connectivity index (χ2n) is 4.51. The van der Waals surface area contributed by atoms with Gasteiger partial charge in [-0.1, -0.05) is 33.6 Å². The molecular weight excluding hydrogens is 321 g/mol. The normalized spacial score (nSPS) is 16.4. The van der Waals surface area contributed by atoms with Gasteiger partial charge in [-0.2, -0.15) is 0 Å². The molecule has 0 aliphatic heterocycles. The van der Waals surface area contributed by atoms with E-state index in [4.69, 9.17) is 11.6 Å². The van der Waals surface area contributed by atoms with E-state index in [2.05, 4.69) is 15.9 Å². The molecule has 98 valence electrons. The number of nitrogens with zero attached hydrogens (tertiary/aromatic N) is 1. The molecule has 1 unspecified atom stereocenters. The minimum Gasteiger partial charge on any atom is -0.334 e. The van der Waals surface area contributed by atoms with Crippen LogP contribution in [0.5, 0.6) is 0 Å². The van der Waals surface area contributed by atoms with Gasteiger partial charge in [-0.3, -0.25) is 4.79 Å². The Hall–Kier alpha value is -0.610. The van der Waals surface area contributed by atoms with Gasteiger partial charge in [-0.05, 0) is 31.9 Å². The predicted molar refractivity (Wildman–Crippen MR) is 73.4 cm³/mol. The van der Waals surface area contributed by atoms with E-state index in [0.29, 0.717) is 10.6 Å². The third-order valence-corrected chi connectivity index (χ3v) is 3.75. The number of carbonyl (C=O) groups excluding carboxylic acids is 1. The highest BCUT2D eigenvalue weighted by Gasteiger charge is 2.34. The molecule has 0 N–H and O–H groups in total. The summed E-state index contributed by atoms with van der Waals surface area (Å²) in [6.45, 7) is 2.02. The SMILES string of the molecule is CC(Br)C(=O)N(Cc1c(F)cccc1Cl)C1CC1. The van der Waals surface area contributed by atoms with Crippen molar-refractivity contribution in [2.24, 2.45) is 0 Å². The summed E-state index contributed by atoms with van der Waals surface area (Å²) in [7, 11) is 0. The highest BCUT2D eigenvalue weighted by Crippen LogP contribution is 2.31. The molecule has 1 fully saturated rings. The first-order chi connectivity index (χ1) is 8.50. The van der Waals surface area contributed by atoms with Crippen LogP contribution in [0.2, 0.25) is 5.02 Å². The molecule has 0 radical (unpaired) electrons. The third-order valence-electron chi connectivity index (χ3n) is 3.00. The molecule has 2 rings (SSSR count). The van der Waals surface area contributed by atoms with Gasteiger partial charge in [0.2, 0.25) is 5.91 Å². The smallest absolute Gasteiger partial charge is 0.236 e. The van der Waals surface area contributed by atoms with Crippen LogP contribution in [0.15, 0.2) is 18.2 Å². The van der Waals surface area contributed by atoms with Gasteiger partial charge in [0.1, 0.15) is 5.82 Å². The number of amides is 1. The number of alkyl halides is 1. The number of hydrogen-bond acceptors (Lipinski definition) is 1. The van der Waals surface area contributed by atoms with E-state index in [1.807, 2.05) is 0 Å². The summed E-state index contributed by atoms with van der Waals surface area (Å²) in [5, 5.41) is 0.371. The molecule has 0 aromatic heterocycles. The van der Waals surface area contributed by atoms with Crippen LogP contribution >= 0.6 is 27.5 Å². The molecule has 1 amide bonds. The van der Waals surface area contributed by atoms with Crippen LogP contribution in [-0.2, 0) is 11.3 Å². The fourth-order valence-corrected chi connectivity index (χ4v) is 2.34. The average molecular weight is 335 g/mol. The summed E-state index contributed by atoms with van der Waals surface area (Å²) < 4.78 is 13.7. The molecule has 0 heterocycles. The Labute approximate surface area is 119 Å². The molecular formula is C13H14BrClFNO. The van der Waals surface area contributed by atoms with Crippen LogP contribution < -0.4 is 0 Å². The number of carbonyl (C=O) groups is 1. The van der Waals surface area contributed by atoms with Crippen molar-refractivity contribution in [2.45, 2.75) is 37.2 Å². The van der Waals surface area contributed by atoms with Crippen molar-refractivity contribution in [3.05, 3.63) is 34.6 Å². The van der Waals surface area contributed by atoms with Crippen molar-refractivity contribution in [1.82, 2.24) is 4.90 Å². The van der Waals surface area contributed by atoms with Crippen LogP contribution in [0.1, 0.15) is 25.3 Å². The monoisotopic (exact) mass is 333 g/mol. The van der Waals surface area contributed by atoms with Crippen molar-refractivity contribution < 1.29 is 9.18 Å². The molecule has 5 heteroatoms. The highest BCUT2D eigenvalue weighted by atomic mass is 79.9. The summed E-state index contributed by atoms with van der Waals surface area (Å²) in [5.41, 5.74) is 0.396. The molecule has 1 aliphatic rings. The first-order valence-electron chi connectivity index (χ1n) is 5.88. The second-order valence-corrected chi connectivity index (χ2v) is 6.29. The van der Waals surface area contributed by atoms with Crippen LogP contribution in [0, 0.1) is 5.82 Å². The molecule has 18 heavy (non-hydrogen) atoms. The summed E-state index contributed by atoms with van der Waals surface area (Å²) >= 11 is 9.26. The number of rotatable bonds is 4. The van der Waals surface area contributed by atoms with Gasteiger partial charge >= 0.3 is 0 Å².